The summed E-state index contributed by atoms with van der Waals surface area (Å²) in [5.41, 5.74) is 7.46. The minimum absolute atomic E-state index is 0.106. The Balaban J connectivity index is 1.79. The van der Waals surface area contributed by atoms with E-state index in [0.717, 1.165) is 25.5 Å². The van der Waals surface area contributed by atoms with Crippen molar-refractivity contribution < 1.29 is 9.53 Å². The summed E-state index contributed by atoms with van der Waals surface area (Å²) in [6, 6.07) is 11.8. The Hall–Kier alpha value is -2.96. The third-order valence-electron chi connectivity index (χ3n) is 4.03. The highest BCUT2D eigenvalue weighted by Gasteiger charge is 2.08. The largest absolute Gasteiger partial charge is 0.484 e. The van der Waals surface area contributed by atoms with Crippen LogP contribution in [-0.4, -0.2) is 48.6 Å². The molecule has 0 saturated heterocycles. The fourth-order valence-corrected chi connectivity index (χ4v) is 2.59. The van der Waals surface area contributed by atoms with Gasteiger partial charge in [0.15, 0.2) is 12.6 Å². The molecule has 7 nitrogen and oxygen atoms in total. The molecule has 3 N–H and O–H groups in total. The predicted molar refractivity (Wildman–Crippen MR) is 103 cm³/mol. The highest BCUT2D eigenvalue weighted by Crippen LogP contribution is 2.12. The molecule has 26 heavy (non-hydrogen) atoms. The van der Waals surface area contributed by atoms with Gasteiger partial charge in [0.2, 0.25) is 0 Å². The molecule has 0 spiro atoms. The first-order valence-electron chi connectivity index (χ1n) is 8.51. The lowest BCUT2D eigenvalue weighted by atomic mass is 10.1. The average molecular weight is 357 g/mol. The van der Waals surface area contributed by atoms with Gasteiger partial charge in [-0.3, -0.25) is 9.79 Å². The maximum absolute atomic E-state index is 10.7. The Kier molecular flexibility index (Phi) is 7.08. The molecule has 2 rings (SSSR count). The first-order valence-corrected chi connectivity index (χ1v) is 8.51. The van der Waals surface area contributed by atoms with E-state index in [0.29, 0.717) is 5.75 Å². The maximum Gasteiger partial charge on any atom is 0.255 e. The van der Waals surface area contributed by atoms with Crippen LogP contribution in [0.1, 0.15) is 11.3 Å². The summed E-state index contributed by atoms with van der Waals surface area (Å²) < 4.78 is 7.36. The van der Waals surface area contributed by atoms with Gasteiger partial charge < -0.3 is 25.3 Å². The van der Waals surface area contributed by atoms with Crippen LogP contribution in [0, 0.1) is 0 Å². The molecule has 0 fully saturated rings. The number of guanidine groups is 1. The van der Waals surface area contributed by atoms with Crippen molar-refractivity contribution in [1.29, 1.82) is 0 Å². The zero-order chi connectivity index (χ0) is 18.9. The fraction of sp³-hybridized carbons (Fsp3) is 0.368. The van der Waals surface area contributed by atoms with Crippen LogP contribution in [0.15, 0.2) is 47.6 Å². The summed E-state index contributed by atoms with van der Waals surface area (Å²) in [4.78, 5) is 17.2. The summed E-state index contributed by atoms with van der Waals surface area (Å²) in [7, 11) is 5.85. The Bertz CT molecular complexity index is 737. The third-order valence-corrected chi connectivity index (χ3v) is 4.03. The number of nitrogens with one attached hydrogen (secondary N) is 1. The second-order valence-corrected chi connectivity index (χ2v) is 6.09. The lowest BCUT2D eigenvalue weighted by Crippen LogP contribution is -2.39. The summed E-state index contributed by atoms with van der Waals surface area (Å²) in [5, 5.41) is 3.38. The van der Waals surface area contributed by atoms with E-state index < -0.39 is 5.91 Å². The summed E-state index contributed by atoms with van der Waals surface area (Å²) in [6.07, 6.45) is 2.89. The second-order valence-electron chi connectivity index (χ2n) is 6.09. The number of hydrogen-bond donors (Lipinski definition) is 2. The number of benzene rings is 1. The SMILES string of the molecule is CN=C(NCCc1ccc(OCC(N)=O)cc1)N(C)Cc1cccn1C. The highest BCUT2D eigenvalue weighted by molar-refractivity contribution is 5.79. The van der Waals surface area contributed by atoms with Crippen LogP contribution in [0.3, 0.4) is 0 Å². The third kappa shape index (κ3) is 5.84. The van der Waals surface area contributed by atoms with Gasteiger partial charge in [0, 0.05) is 39.6 Å². The minimum atomic E-state index is -0.482. The number of hydrogen-bond acceptors (Lipinski definition) is 3. The van der Waals surface area contributed by atoms with Gasteiger partial charge in [0.1, 0.15) is 5.75 Å². The summed E-state index contributed by atoms with van der Waals surface area (Å²) in [6.45, 7) is 1.45. The molecule has 0 unspecified atom stereocenters. The maximum atomic E-state index is 10.7. The van der Waals surface area contributed by atoms with Gasteiger partial charge in [-0.2, -0.15) is 0 Å². The van der Waals surface area contributed by atoms with E-state index in [2.05, 4.69) is 25.8 Å². The van der Waals surface area contributed by atoms with E-state index in [4.69, 9.17) is 10.5 Å². The number of aromatic nitrogens is 1. The molecule has 0 aliphatic carbocycles. The van der Waals surface area contributed by atoms with Gasteiger partial charge >= 0.3 is 0 Å². The molecule has 1 aromatic carbocycles. The molecule has 140 valence electrons. The van der Waals surface area contributed by atoms with Crippen molar-refractivity contribution in [1.82, 2.24) is 14.8 Å². The van der Waals surface area contributed by atoms with E-state index in [1.165, 1.54) is 11.3 Å². The number of carbonyl (C=O) groups is 1. The Morgan fingerprint density at radius 3 is 2.62 bits per heavy atom. The zero-order valence-electron chi connectivity index (χ0n) is 15.6. The van der Waals surface area contributed by atoms with Gasteiger partial charge in [-0.25, -0.2) is 0 Å². The van der Waals surface area contributed by atoms with Gasteiger partial charge in [-0.15, -0.1) is 0 Å². The molecule has 0 atom stereocenters. The quantitative estimate of drug-likeness (QED) is 0.548. The molecule has 7 heteroatoms. The Morgan fingerprint density at radius 2 is 2.04 bits per heavy atom. The Labute approximate surface area is 154 Å². The van der Waals surface area contributed by atoms with Crippen molar-refractivity contribution in [3.63, 3.8) is 0 Å². The molecule has 1 amide bonds. The van der Waals surface area contributed by atoms with Crippen molar-refractivity contribution in [3.05, 3.63) is 53.9 Å². The number of ether oxygens (including phenoxy) is 1. The molecule has 0 saturated carbocycles. The number of rotatable bonds is 8. The molecule has 2 aromatic rings. The lowest BCUT2D eigenvalue weighted by molar-refractivity contribution is -0.119. The number of nitrogens with zero attached hydrogens (tertiary/aromatic N) is 3. The smallest absolute Gasteiger partial charge is 0.255 e. The van der Waals surface area contributed by atoms with E-state index in [1.54, 1.807) is 7.05 Å². The first-order chi connectivity index (χ1) is 12.5. The van der Waals surface area contributed by atoms with Crippen LogP contribution in [-0.2, 0) is 24.8 Å². The number of aliphatic imine (C=N–C) groups is 1. The van der Waals surface area contributed by atoms with Crippen molar-refractivity contribution in [2.45, 2.75) is 13.0 Å². The van der Waals surface area contributed by atoms with Gasteiger partial charge in [0.05, 0.1) is 6.54 Å². The summed E-state index contributed by atoms with van der Waals surface area (Å²) >= 11 is 0. The van der Waals surface area contributed by atoms with Gasteiger partial charge in [-0.1, -0.05) is 12.1 Å². The lowest BCUT2D eigenvalue weighted by Gasteiger charge is -2.22. The van der Waals surface area contributed by atoms with E-state index >= 15 is 0 Å². The molecular weight excluding hydrogens is 330 g/mol. The molecule has 0 bridgehead atoms. The minimum Gasteiger partial charge on any atom is -0.484 e. The molecule has 1 aromatic heterocycles. The fourth-order valence-electron chi connectivity index (χ4n) is 2.59. The number of nitrogens with two attached hydrogens (primary N) is 1. The number of carbonyl (C=O) groups excluding carboxylic acids is 1. The van der Waals surface area contributed by atoms with Crippen LogP contribution < -0.4 is 15.8 Å². The van der Waals surface area contributed by atoms with Crippen molar-refractivity contribution in [2.75, 3.05) is 27.2 Å². The molecule has 0 radical (unpaired) electrons. The molecule has 0 aliphatic rings. The second kappa shape index (κ2) is 9.50. The topological polar surface area (TPSA) is 84.9 Å². The zero-order valence-corrected chi connectivity index (χ0v) is 15.6. The van der Waals surface area contributed by atoms with Gasteiger partial charge in [-0.05, 0) is 36.2 Å². The standard InChI is InChI=1S/C19H27N5O2/c1-21-19(24(3)13-16-5-4-12-23(16)2)22-11-10-15-6-8-17(9-7-15)26-14-18(20)25/h4-9,12H,10-11,13-14H2,1-3H3,(H2,20,25)(H,21,22). The van der Waals surface area contributed by atoms with Crippen LogP contribution in [0.25, 0.3) is 0 Å². The number of primary amides is 1. The normalized spacial score (nSPS) is 11.3. The highest BCUT2D eigenvalue weighted by atomic mass is 16.5. The van der Waals surface area contributed by atoms with Crippen LogP contribution >= 0.6 is 0 Å². The van der Waals surface area contributed by atoms with E-state index in [9.17, 15) is 4.79 Å². The first kappa shape index (κ1) is 19.4. The van der Waals surface area contributed by atoms with E-state index in [1.807, 2.05) is 50.6 Å². The van der Waals surface area contributed by atoms with E-state index in [-0.39, 0.29) is 6.61 Å². The summed E-state index contributed by atoms with van der Waals surface area (Å²) in [5.74, 6) is 1.01. The van der Waals surface area contributed by atoms with Crippen LogP contribution in [0.4, 0.5) is 0 Å². The van der Waals surface area contributed by atoms with Crippen molar-refractivity contribution in [3.8, 4) is 5.75 Å². The van der Waals surface area contributed by atoms with Crippen molar-refractivity contribution in [2.24, 2.45) is 17.8 Å². The number of amides is 1. The average Bonchev–Trinajstić information content (AvgIpc) is 3.02. The molecule has 1 heterocycles. The van der Waals surface area contributed by atoms with Crippen LogP contribution in [0.2, 0.25) is 0 Å². The van der Waals surface area contributed by atoms with Crippen LogP contribution in [0.5, 0.6) is 5.75 Å². The van der Waals surface area contributed by atoms with Crippen molar-refractivity contribution >= 4 is 11.9 Å². The molecular formula is C19H27N5O2. The number of aryl methyl sites for hydroxylation is 1. The molecule has 0 aliphatic heterocycles. The Morgan fingerprint density at radius 1 is 1.31 bits per heavy atom. The monoisotopic (exact) mass is 357 g/mol. The van der Waals surface area contributed by atoms with Gasteiger partial charge in [0.25, 0.3) is 5.91 Å². The predicted octanol–water partition coefficient (Wildman–Crippen LogP) is 1.14.